The Bertz CT molecular complexity index is 393. The summed E-state index contributed by atoms with van der Waals surface area (Å²) in [5, 5.41) is 0. The maximum absolute atomic E-state index is 11.1. The lowest BCUT2D eigenvalue weighted by molar-refractivity contribution is -0.112. The summed E-state index contributed by atoms with van der Waals surface area (Å²) in [5.74, 6) is 1.73. The Kier molecular flexibility index (Phi) is 1.98. The van der Waals surface area contributed by atoms with E-state index in [9.17, 15) is 4.79 Å². The molecule has 1 fully saturated rings. The lowest BCUT2D eigenvalue weighted by Crippen LogP contribution is -2.18. The van der Waals surface area contributed by atoms with Crippen LogP contribution in [-0.2, 0) is 4.79 Å². The third-order valence-corrected chi connectivity index (χ3v) is 3.86. The lowest BCUT2D eigenvalue weighted by Gasteiger charge is -2.24. The summed E-state index contributed by atoms with van der Waals surface area (Å²) in [6.45, 7) is 0. The highest BCUT2D eigenvalue weighted by molar-refractivity contribution is 5.59. The van der Waals surface area contributed by atoms with E-state index < -0.39 is 0 Å². The molecule has 1 heteroatoms. The van der Waals surface area contributed by atoms with Crippen molar-refractivity contribution in [2.75, 3.05) is 0 Å². The molecule has 2 aliphatic carbocycles. The van der Waals surface area contributed by atoms with E-state index in [0.29, 0.717) is 17.8 Å². The molecule has 1 saturated carbocycles. The first-order valence-electron chi connectivity index (χ1n) is 5.58. The largest absolute Gasteiger partial charge is 0.303 e. The van der Waals surface area contributed by atoms with E-state index in [0.717, 1.165) is 6.29 Å². The second-order valence-electron chi connectivity index (χ2n) is 4.60. The van der Waals surface area contributed by atoms with Crippen LogP contribution >= 0.6 is 0 Å². The molecule has 0 amide bonds. The van der Waals surface area contributed by atoms with Crippen molar-refractivity contribution in [2.24, 2.45) is 17.8 Å². The number of rotatable bonds is 2. The Labute approximate surface area is 89.8 Å². The molecule has 15 heavy (non-hydrogen) atoms. The zero-order valence-corrected chi connectivity index (χ0v) is 8.54. The number of aldehydes is 1. The van der Waals surface area contributed by atoms with Gasteiger partial charge in [0.15, 0.2) is 0 Å². The number of carbonyl (C=O) groups excluding carboxylic acids is 1. The van der Waals surface area contributed by atoms with Crippen molar-refractivity contribution in [3.8, 4) is 0 Å². The van der Waals surface area contributed by atoms with Gasteiger partial charge in [0.1, 0.15) is 6.29 Å². The van der Waals surface area contributed by atoms with Gasteiger partial charge in [-0.2, -0.15) is 0 Å². The second-order valence-corrected chi connectivity index (χ2v) is 4.60. The van der Waals surface area contributed by atoms with Gasteiger partial charge < -0.3 is 4.79 Å². The van der Waals surface area contributed by atoms with Gasteiger partial charge in [0.05, 0.1) is 0 Å². The van der Waals surface area contributed by atoms with Crippen molar-refractivity contribution in [1.29, 1.82) is 0 Å². The first kappa shape index (κ1) is 8.90. The van der Waals surface area contributed by atoms with Crippen molar-refractivity contribution in [3.63, 3.8) is 0 Å². The maximum Gasteiger partial charge on any atom is 0.124 e. The van der Waals surface area contributed by atoms with Crippen LogP contribution in [0, 0.1) is 17.8 Å². The van der Waals surface area contributed by atoms with Crippen LogP contribution in [0.15, 0.2) is 42.5 Å². The van der Waals surface area contributed by atoms with Crippen molar-refractivity contribution >= 4 is 6.29 Å². The SMILES string of the molecule is O=CC1C(c2ccccc2)[C@H]2C=C[C@@H]1C2. The van der Waals surface area contributed by atoms with Gasteiger partial charge in [-0.15, -0.1) is 0 Å². The monoisotopic (exact) mass is 198 g/mol. The van der Waals surface area contributed by atoms with E-state index in [1.165, 1.54) is 12.0 Å². The summed E-state index contributed by atoms with van der Waals surface area (Å²) in [7, 11) is 0. The van der Waals surface area contributed by atoms with Crippen molar-refractivity contribution in [2.45, 2.75) is 12.3 Å². The van der Waals surface area contributed by atoms with Gasteiger partial charge in [-0.1, -0.05) is 42.5 Å². The van der Waals surface area contributed by atoms with E-state index in [2.05, 4.69) is 36.4 Å². The molecule has 2 aliphatic rings. The molecule has 2 bridgehead atoms. The number of benzene rings is 1. The summed E-state index contributed by atoms with van der Waals surface area (Å²) >= 11 is 0. The van der Waals surface area contributed by atoms with E-state index in [1.807, 2.05) is 6.07 Å². The molecule has 0 aromatic heterocycles. The first-order valence-corrected chi connectivity index (χ1v) is 5.58. The van der Waals surface area contributed by atoms with Crippen LogP contribution in [0.4, 0.5) is 0 Å². The summed E-state index contributed by atoms with van der Waals surface area (Å²) < 4.78 is 0. The number of allylic oxidation sites excluding steroid dienone is 2. The molecule has 0 N–H and O–H groups in total. The van der Waals surface area contributed by atoms with Crippen LogP contribution in [0.5, 0.6) is 0 Å². The van der Waals surface area contributed by atoms with Crippen LogP contribution in [-0.4, -0.2) is 6.29 Å². The second kappa shape index (κ2) is 3.34. The van der Waals surface area contributed by atoms with Gasteiger partial charge in [-0.05, 0) is 23.8 Å². The van der Waals surface area contributed by atoms with E-state index in [-0.39, 0.29) is 5.92 Å². The van der Waals surface area contributed by atoms with Gasteiger partial charge in [0.2, 0.25) is 0 Å². The summed E-state index contributed by atoms with van der Waals surface area (Å²) in [6.07, 6.45) is 6.85. The van der Waals surface area contributed by atoms with Crippen molar-refractivity contribution < 1.29 is 4.79 Å². The molecule has 0 saturated heterocycles. The molecule has 0 radical (unpaired) electrons. The highest BCUT2D eigenvalue weighted by atomic mass is 16.1. The highest BCUT2D eigenvalue weighted by Crippen LogP contribution is 2.51. The Morgan fingerprint density at radius 1 is 1.07 bits per heavy atom. The number of hydrogen-bond acceptors (Lipinski definition) is 1. The van der Waals surface area contributed by atoms with Gasteiger partial charge in [-0.25, -0.2) is 0 Å². The fraction of sp³-hybridized carbons (Fsp3) is 0.357. The summed E-state index contributed by atoms with van der Waals surface area (Å²) in [4.78, 5) is 11.1. The highest BCUT2D eigenvalue weighted by Gasteiger charge is 2.44. The van der Waals surface area contributed by atoms with Crippen molar-refractivity contribution in [1.82, 2.24) is 0 Å². The van der Waals surface area contributed by atoms with Crippen LogP contribution in [0.1, 0.15) is 17.9 Å². The topological polar surface area (TPSA) is 17.1 Å². The van der Waals surface area contributed by atoms with Crippen LogP contribution in [0.2, 0.25) is 0 Å². The van der Waals surface area contributed by atoms with E-state index in [4.69, 9.17) is 0 Å². The third kappa shape index (κ3) is 1.26. The first-order chi connectivity index (χ1) is 7.40. The Morgan fingerprint density at radius 2 is 1.80 bits per heavy atom. The molecular formula is C14H14O. The Morgan fingerprint density at radius 3 is 2.53 bits per heavy atom. The molecule has 0 heterocycles. The number of carbonyl (C=O) groups is 1. The van der Waals surface area contributed by atoms with Gasteiger partial charge in [-0.3, -0.25) is 0 Å². The predicted molar refractivity (Wildman–Crippen MR) is 59.5 cm³/mol. The minimum absolute atomic E-state index is 0.211. The predicted octanol–water partition coefficient (Wildman–Crippen LogP) is 2.79. The maximum atomic E-state index is 11.1. The molecule has 1 aromatic rings. The standard InChI is InChI=1S/C14H14O/c15-9-13-11-6-7-12(8-11)14(13)10-4-2-1-3-5-10/h1-7,9,11-14H,8H2/t11-,12+,13?,14?/m1/s1. The van der Waals surface area contributed by atoms with Gasteiger partial charge >= 0.3 is 0 Å². The zero-order chi connectivity index (χ0) is 10.3. The van der Waals surface area contributed by atoms with Crippen LogP contribution in [0.25, 0.3) is 0 Å². The van der Waals surface area contributed by atoms with E-state index >= 15 is 0 Å². The van der Waals surface area contributed by atoms with Gasteiger partial charge in [0.25, 0.3) is 0 Å². The molecule has 1 aromatic carbocycles. The minimum atomic E-state index is 0.211. The van der Waals surface area contributed by atoms with Crippen LogP contribution < -0.4 is 0 Å². The number of fused-ring (bicyclic) bond motifs is 2. The average Bonchev–Trinajstić information content (AvgIpc) is 2.89. The summed E-state index contributed by atoms with van der Waals surface area (Å²) in [5.41, 5.74) is 1.33. The average molecular weight is 198 g/mol. The van der Waals surface area contributed by atoms with Crippen LogP contribution in [0.3, 0.4) is 0 Å². The van der Waals surface area contributed by atoms with Crippen molar-refractivity contribution in [3.05, 3.63) is 48.0 Å². The summed E-state index contributed by atoms with van der Waals surface area (Å²) in [6, 6.07) is 10.5. The molecule has 2 unspecified atom stereocenters. The van der Waals surface area contributed by atoms with Gasteiger partial charge in [0, 0.05) is 11.8 Å². The Balaban J connectivity index is 1.99. The quantitative estimate of drug-likeness (QED) is 0.527. The molecule has 3 rings (SSSR count). The number of hydrogen-bond donors (Lipinski definition) is 0. The fourth-order valence-corrected chi connectivity index (χ4v) is 3.19. The molecular weight excluding hydrogens is 184 g/mol. The minimum Gasteiger partial charge on any atom is -0.303 e. The lowest BCUT2D eigenvalue weighted by atomic mass is 9.79. The molecule has 0 aliphatic heterocycles. The van der Waals surface area contributed by atoms with E-state index in [1.54, 1.807) is 0 Å². The molecule has 76 valence electrons. The third-order valence-electron chi connectivity index (χ3n) is 3.86. The normalized spacial score (nSPS) is 37.1. The molecule has 4 atom stereocenters. The Hall–Kier alpha value is -1.37. The molecule has 1 nitrogen and oxygen atoms in total. The molecule has 0 spiro atoms. The fourth-order valence-electron chi connectivity index (χ4n) is 3.19. The zero-order valence-electron chi connectivity index (χ0n) is 8.54. The smallest absolute Gasteiger partial charge is 0.124 e.